The second kappa shape index (κ2) is 9.52. The van der Waals surface area contributed by atoms with Gasteiger partial charge in [0, 0.05) is 18.3 Å². The van der Waals surface area contributed by atoms with E-state index in [1.165, 1.54) is 17.3 Å². The van der Waals surface area contributed by atoms with Crippen LogP contribution in [0.4, 0.5) is 5.69 Å². The van der Waals surface area contributed by atoms with Gasteiger partial charge in [-0.05, 0) is 51.5 Å². The summed E-state index contributed by atoms with van der Waals surface area (Å²) in [4.78, 5) is 12.7. The zero-order valence-corrected chi connectivity index (χ0v) is 19.4. The molecule has 2 heterocycles. The van der Waals surface area contributed by atoms with Crippen LogP contribution in [-0.4, -0.2) is 32.7 Å². The molecule has 1 N–H and O–H groups in total. The molecule has 3 aromatic rings. The van der Waals surface area contributed by atoms with E-state index in [4.69, 9.17) is 14.2 Å². The van der Waals surface area contributed by atoms with Crippen molar-refractivity contribution in [2.45, 2.75) is 51.3 Å². The highest BCUT2D eigenvalue weighted by molar-refractivity contribution is 8.00. The first-order valence-corrected chi connectivity index (χ1v) is 11.3. The van der Waals surface area contributed by atoms with Gasteiger partial charge >= 0.3 is 0 Å². The van der Waals surface area contributed by atoms with Crippen LogP contribution in [0.3, 0.4) is 0 Å². The third-order valence-corrected chi connectivity index (χ3v) is 6.17. The molecule has 1 atom stereocenters. The van der Waals surface area contributed by atoms with Gasteiger partial charge in [-0.25, -0.2) is 0 Å². The number of fused-ring (bicyclic) bond motifs is 1. The van der Waals surface area contributed by atoms with Gasteiger partial charge in [0.2, 0.25) is 12.7 Å². The minimum atomic E-state index is -0.372. The van der Waals surface area contributed by atoms with Crippen LogP contribution >= 0.6 is 11.8 Å². The van der Waals surface area contributed by atoms with Crippen LogP contribution in [0.25, 0.3) is 0 Å². The predicted molar refractivity (Wildman–Crippen MR) is 122 cm³/mol. The largest absolute Gasteiger partial charge is 0.485 e. The highest BCUT2D eigenvalue weighted by Gasteiger charge is 2.21. The van der Waals surface area contributed by atoms with Crippen molar-refractivity contribution < 1.29 is 19.0 Å². The fourth-order valence-electron chi connectivity index (χ4n) is 3.36. The van der Waals surface area contributed by atoms with Gasteiger partial charge in [0.15, 0.2) is 22.5 Å². The molecule has 8 nitrogen and oxygen atoms in total. The van der Waals surface area contributed by atoms with Crippen molar-refractivity contribution >= 4 is 23.4 Å². The zero-order valence-electron chi connectivity index (χ0n) is 18.5. The Kier molecular flexibility index (Phi) is 6.55. The molecule has 0 aliphatic carbocycles. The Morgan fingerprint density at radius 3 is 2.78 bits per heavy atom. The summed E-state index contributed by atoms with van der Waals surface area (Å²) in [6.07, 6.45) is 0. The SMILES string of the molecule is CCn1c(COc2ccc(C)cc2C)nnc1S[C@H](C)C(=O)Nc1ccc2c(c1)OCO2. The van der Waals surface area contributed by atoms with Crippen LogP contribution in [0.1, 0.15) is 30.8 Å². The summed E-state index contributed by atoms with van der Waals surface area (Å²) in [5.74, 6) is 2.72. The van der Waals surface area contributed by atoms with E-state index >= 15 is 0 Å². The van der Waals surface area contributed by atoms with E-state index in [1.807, 2.05) is 37.5 Å². The molecule has 1 aromatic heterocycles. The van der Waals surface area contributed by atoms with E-state index in [0.29, 0.717) is 35.5 Å². The molecule has 0 spiro atoms. The molecule has 4 rings (SSSR count). The number of thioether (sulfide) groups is 1. The van der Waals surface area contributed by atoms with Crippen LogP contribution in [0, 0.1) is 13.8 Å². The van der Waals surface area contributed by atoms with Crippen molar-refractivity contribution in [2.24, 2.45) is 0 Å². The summed E-state index contributed by atoms with van der Waals surface area (Å²) in [6, 6.07) is 11.4. The van der Waals surface area contributed by atoms with Gasteiger partial charge in [-0.3, -0.25) is 4.79 Å². The molecule has 1 amide bonds. The lowest BCUT2D eigenvalue weighted by atomic mass is 10.1. The second-order valence-electron chi connectivity index (χ2n) is 7.52. The third-order valence-electron chi connectivity index (χ3n) is 5.09. The average Bonchev–Trinajstić information content (AvgIpc) is 3.39. The minimum absolute atomic E-state index is 0.132. The summed E-state index contributed by atoms with van der Waals surface area (Å²) in [5.41, 5.74) is 2.93. The van der Waals surface area contributed by atoms with Gasteiger partial charge in [-0.2, -0.15) is 0 Å². The third kappa shape index (κ3) is 4.83. The molecule has 1 aliphatic rings. The predicted octanol–water partition coefficient (Wildman–Crippen LogP) is 4.34. The highest BCUT2D eigenvalue weighted by Crippen LogP contribution is 2.34. The van der Waals surface area contributed by atoms with E-state index in [9.17, 15) is 4.79 Å². The number of hydrogen-bond acceptors (Lipinski definition) is 7. The number of carbonyl (C=O) groups excluding carboxylic acids is 1. The van der Waals surface area contributed by atoms with Gasteiger partial charge in [0.05, 0.1) is 5.25 Å². The summed E-state index contributed by atoms with van der Waals surface area (Å²) in [7, 11) is 0. The number of anilines is 1. The number of hydrogen-bond donors (Lipinski definition) is 1. The normalized spacial score (nSPS) is 13.1. The quantitative estimate of drug-likeness (QED) is 0.507. The molecule has 0 unspecified atom stereocenters. The monoisotopic (exact) mass is 454 g/mol. The average molecular weight is 455 g/mol. The molecule has 9 heteroatoms. The Labute approximate surface area is 191 Å². The van der Waals surface area contributed by atoms with E-state index in [-0.39, 0.29) is 18.0 Å². The molecule has 1 aliphatic heterocycles. The molecular weight excluding hydrogens is 428 g/mol. The highest BCUT2D eigenvalue weighted by atomic mass is 32.2. The number of nitrogens with zero attached hydrogens (tertiary/aromatic N) is 3. The fraction of sp³-hybridized carbons (Fsp3) is 0.348. The second-order valence-corrected chi connectivity index (χ2v) is 8.83. The van der Waals surface area contributed by atoms with E-state index in [0.717, 1.165) is 17.1 Å². The van der Waals surface area contributed by atoms with Crippen molar-refractivity contribution in [3.63, 3.8) is 0 Å². The maximum Gasteiger partial charge on any atom is 0.237 e. The number of nitrogens with one attached hydrogen (secondary N) is 1. The van der Waals surface area contributed by atoms with Gasteiger partial charge < -0.3 is 24.1 Å². The van der Waals surface area contributed by atoms with Crippen molar-refractivity contribution in [3.8, 4) is 17.2 Å². The summed E-state index contributed by atoms with van der Waals surface area (Å²) >= 11 is 1.36. The number of ether oxygens (including phenoxy) is 3. The molecule has 0 radical (unpaired) electrons. The Bertz CT molecular complexity index is 1130. The lowest BCUT2D eigenvalue weighted by molar-refractivity contribution is -0.115. The number of aryl methyl sites for hydroxylation is 2. The van der Waals surface area contributed by atoms with Crippen LogP contribution in [0.15, 0.2) is 41.6 Å². The van der Waals surface area contributed by atoms with Gasteiger partial charge in [0.1, 0.15) is 12.4 Å². The van der Waals surface area contributed by atoms with Crippen LogP contribution < -0.4 is 19.5 Å². The van der Waals surface area contributed by atoms with Gasteiger partial charge in [-0.1, -0.05) is 29.5 Å². The lowest BCUT2D eigenvalue weighted by Crippen LogP contribution is -2.23. The molecule has 0 bridgehead atoms. The van der Waals surface area contributed by atoms with Crippen LogP contribution in [0.2, 0.25) is 0 Å². The van der Waals surface area contributed by atoms with Crippen LogP contribution in [-0.2, 0) is 17.9 Å². The minimum Gasteiger partial charge on any atom is -0.485 e. The maximum atomic E-state index is 12.7. The van der Waals surface area contributed by atoms with Crippen molar-refractivity contribution in [2.75, 3.05) is 12.1 Å². The number of carbonyl (C=O) groups is 1. The van der Waals surface area contributed by atoms with E-state index in [2.05, 4.69) is 28.5 Å². The molecule has 0 fully saturated rings. The maximum absolute atomic E-state index is 12.7. The number of aromatic nitrogens is 3. The number of benzene rings is 2. The molecule has 0 saturated carbocycles. The molecule has 2 aromatic carbocycles. The van der Waals surface area contributed by atoms with Crippen molar-refractivity contribution in [1.82, 2.24) is 14.8 Å². The molecule has 168 valence electrons. The van der Waals surface area contributed by atoms with E-state index in [1.54, 1.807) is 18.2 Å². The van der Waals surface area contributed by atoms with Crippen LogP contribution in [0.5, 0.6) is 17.2 Å². The number of rotatable bonds is 8. The summed E-state index contributed by atoms with van der Waals surface area (Å²) in [5, 5.41) is 11.8. The lowest BCUT2D eigenvalue weighted by Gasteiger charge is -2.13. The molecule has 32 heavy (non-hydrogen) atoms. The van der Waals surface area contributed by atoms with Crippen molar-refractivity contribution in [1.29, 1.82) is 0 Å². The zero-order chi connectivity index (χ0) is 22.7. The molecular formula is C23H26N4O4S. The van der Waals surface area contributed by atoms with Gasteiger partial charge in [-0.15, -0.1) is 10.2 Å². The summed E-state index contributed by atoms with van der Waals surface area (Å²) in [6.45, 7) is 9.12. The topological polar surface area (TPSA) is 87.5 Å². The first kappa shape index (κ1) is 22.0. The van der Waals surface area contributed by atoms with E-state index < -0.39 is 0 Å². The molecule has 0 saturated heterocycles. The first-order valence-electron chi connectivity index (χ1n) is 10.4. The van der Waals surface area contributed by atoms with Gasteiger partial charge in [0.25, 0.3) is 0 Å². The smallest absolute Gasteiger partial charge is 0.237 e. The Balaban J connectivity index is 1.39. The van der Waals surface area contributed by atoms with Crippen molar-refractivity contribution in [3.05, 3.63) is 53.3 Å². The fourth-order valence-corrected chi connectivity index (χ4v) is 4.30. The standard InChI is InChI=1S/C23H26N4O4S/c1-5-27-21(12-29-18-8-6-14(2)10-15(18)3)25-26-23(27)32-16(4)22(28)24-17-7-9-19-20(11-17)31-13-30-19/h6-11,16H,5,12-13H2,1-4H3,(H,24,28)/t16-/m1/s1. The first-order chi connectivity index (χ1) is 15.4. The summed E-state index contributed by atoms with van der Waals surface area (Å²) < 4.78 is 18.6. The Hall–Kier alpha value is -3.20. The Morgan fingerprint density at radius 1 is 1.19 bits per heavy atom. The Morgan fingerprint density at radius 2 is 2.00 bits per heavy atom. The number of amides is 1.